The summed E-state index contributed by atoms with van der Waals surface area (Å²) < 4.78 is 4.81. The number of hydrogen-bond donors (Lipinski definition) is 0. The van der Waals surface area contributed by atoms with E-state index in [2.05, 4.69) is 243 Å². The fourth-order valence-electron chi connectivity index (χ4n) is 12.3. The first kappa shape index (κ1) is 38.1. The van der Waals surface area contributed by atoms with Crippen LogP contribution in [0.4, 0.5) is 0 Å². The van der Waals surface area contributed by atoms with Gasteiger partial charge in [-0.1, -0.05) is 146 Å². The highest BCUT2D eigenvalue weighted by Gasteiger charge is 2.51. The zero-order valence-electron chi connectivity index (χ0n) is 38.0. The summed E-state index contributed by atoms with van der Waals surface area (Å²) in [4.78, 5) is 0. The van der Waals surface area contributed by atoms with Gasteiger partial charge >= 0.3 is 0 Å². The molecule has 2 nitrogen and oxygen atoms in total. The van der Waals surface area contributed by atoms with Crippen LogP contribution in [-0.4, -0.2) is 9.13 Å². The lowest BCUT2D eigenvalue weighted by Gasteiger charge is -2.31. The summed E-state index contributed by atoms with van der Waals surface area (Å²) in [6, 6.07) is 78.0. The minimum Gasteiger partial charge on any atom is -0.314 e. The minimum atomic E-state index is -0.466. The lowest BCUT2D eigenvalue weighted by Crippen LogP contribution is -2.26. The first-order valence-corrected chi connectivity index (χ1v) is 23.6. The van der Waals surface area contributed by atoms with Crippen LogP contribution >= 0.6 is 0 Å². The van der Waals surface area contributed by atoms with E-state index in [0.717, 1.165) is 0 Å². The van der Waals surface area contributed by atoms with Crippen LogP contribution in [0.5, 0.6) is 0 Å². The summed E-state index contributed by atoms with van der Waals surface area (Å²) in [6.07, 6.45) is 0. The molecular formula is C65H46N2. The Morgan fingerprint density at radius 2 is 0.657 bits per heavy atom. The van der Waals surface area contributed by atoms with Gasteiger partial charge in [-0.25, -0.2) is 0 Å². The molecule has 2 heterocycles. The van der Waals surface area contributed by atoms with Crippen LogP contribution in [0.1, 0.15) is 44.8 Å². The maximum Gasteiger partial charge on any atom is 0.0725 e. The van der Waals surface area contributed by atoms with Gasteiger partial charge in [0.2, 0.25) is 0 Å². The lowest BCUT2D eigenvalue weighted by atomic mass is 9.70. The number of rotatable bonds is 4. The van der Waals surface area contributed by atoms with Crippen molar-refractivity contribution >= 4 is 43.4 Å². The molecule has 2 heteroatoms. The van der Waals surface area contributed by atoms with E-state index in [1.807, 2.05) is 0 Å². The minimum absolute atomic E-state index is 0.466. The van der Waals surface area contributed by atoms with Crippen LogP contribution in [0.15, 0.2) is 206 Å². The van der Waals surface area contributed by atoms with Gasteiger partial charge in [-0.15, -0.1) is 0 Å². The van der Waals surface area contributed by atoms with Crippen molar-refractivity contribution in [1.29, 1.82) is 0 Å². The largest absolute Gasteiger partial charge is 0.314 e. The predicted octanol–water partition coefficient (Wildman–Crippen LogP) is 16.8. The first-order chi connectivity index (χ1) is 32.9. The molecular weight excluding hydrogens is 809 g/mol. The zero-order valence-corrected chi connectivity index (χ0v) is 38.0. The smallest absolute Gasteiger partial charge is 0.0725 e. The van der Waals surface area contributed by atoms with Crippen molar-refractivity contribution < 1.29 is 0 Å². The first-order valence-electron chi connectivity index (χ1n) is 23.6. The Labute approximate surface area is 390 Å². The highest BCUT2D eigenvalue weighted by atomic mass is 15.0. The average molecular weight is 855 g/mol. The third-order valence-electron chi connectivity index (χ3n) is 15.8. The van der Waals surface area contributed by atoms with Gasteiger partial charge in [0.05, 0.1) is 16.4 Å². The molecule has 2 aromatic heterocycles. The van der Waals surface area contributed by atoms with Gasteiger partial charge in [0.1, 0.15) is 0 Å². The van der Waals surface area contributed by atoms with E-state index in [-0.39, 0.29) is 0 Å². The summed E-state index contributed by atoms with van der Waals surface area (Å²) in [5, 5.41) is 7.57. The van der Waals surface area contributed by atoms with Crippen LogP contribution in [-0.2, 0) is 5.41 Å². The van der Waals surface area contributed by atoms with Crippen LogP contribution < -0.4 is 0 Å². The SMILES string of the molecule is Cc1c(C)n(-c2ccc3cc(-c4ccc5c(c4)C4(c6ccccc6-c6ccccc64)c4cc(-c6ccc7cc(-n8c(C)c(C)c9ccccc98)ccc7c6)ccc4-5)ccc3c2)c2ccccc12. The molecule has 0 N–H and O–H groups in total. The van der Waals surface area contributed by atoms with Gasteiger partial charge in [0.15, 0.2) is 0 Å². The molecule has 0 unspecified atom stereocenters. The molecule has 0 radical (unpaired) electrons. The Morgan fingerprint density at radius 1 is 0.299 bits per heavy atom. The maximum absolute atomic E-state index is 2.51. The second kappa shape index (κ2) is 13.9. The van der Waals surface area contributed by atoms with E-state index in [1.165, 1.54) is 144 Å². The van der Waals surface area contributed by atoms with Crippen LogP contribution in [0.3, 0.4) is 0 Å². The van der Waals surface area contributed by atoms with Gasteiger partial charge in [0.25, 0.3) is 0 Å². The molecule has 67 heavy (non-hydrogen) atoms. The third kappa shape index (κ3) is 5.21. The van der Waals surface area contributed by atoms with Crippen LogP contribution in [0.25, 0.3) is 99.2 Å². The fourth-order valence-corrected chi connectivity index (χ4v) is 12.3. The predicted molar refractivity (Wildman–Crippen MR) is 281 cm³/mol. The molecule has 0 fully saturated rings. The number of hydrogen-bond acceptors (Lipinski definition) is 0. The summed E-state index contributed by atoms with van der Waals surface area (Å²) in [5.74, 6) is 0. The van der Waals surface area contributed by atoms with E-state index in [1.54, 1.807) is 0 Å². The van der Waals surface area contributed by atoms with Crippen molar-refractivity contribution in [1.82, 2.24) is 9.13 Å². The molecule has 1 spiro atoms. The summed E-state index contributed by atoms with van der Waals surface area (Å²) in [6.45, 7) is 8.93. The average Bonchev–Trinajstić information content (AvgIpc) is 4.03. The van der Waals surface area contributed by atoms with Gasteiger partial charge in [-0.05, 0) is 188 Å². The quantitative estimate of drug-likeness (QED) is 0.167. The molecule has 2 aliphatic rings. The van der Waals surface area contributed by atoms with E-state index in [9.17, 15) is 0 Å². The monoisotopic (exact) mass is 854 g/mol. The number of aryl methyl sites for hydroxylation is 2. The van der Waals surface area contributed by atoms with Crippen molar-refractivity contribution in [3.8, 4) is 55.9 Å². The van der Waals surface area contributed by atoms with Crippen molar-refractivity contribution in [2.45, 2.75) is 33.1 Å². The molecule has 2 aliphatic carbocycles. The standard InChI is InChI=1S/C65H46N2/c1-39-41(3)66(63-19-11-7-13-53(39)63)51-29-25-45-33-43(21-23-47(45)35-51)49-27-31-57-58-32-28-50(38-62(58)65(61(57)37-49)59-17-9-5-15-55(59)56-16-6-10-18-60(56)65)44-22-24-48-36-52(30-26-46(48)34-44)67-42(4)40(2)54-14-8-12-20-64(54)67/h5-38H,1-4H3. The third-order valence-corrected chi connectivity index (χ3v) is 15.8. The van der Waals surface area contributed by atoms with E-state index in [4.69, 9.17) is 0 Å². The van der Waals surface area contributed by atoms with E-state index < -0.39 is 5.41 Å². The second-order valence-electron chi connectivity index (χ2n) is 19.0. The maximum atomic E-state index is 2.51. The molecule has 0 saturated heterocycles. The second-order valence-corrected chi connectivity index (χ2v) is 19.0. The molecule has 0 aliphatic heterocycles. The highest BCUT2D eigenvalue weighted by Crippen LogP contribution is 2.63. The van der Waals surface area contributed by atoms with Gasteiger partial charge in [-0.3, -0.25) is 0 Å². The Hall–Kier alpha value is -8.20. The van der Waals surface area contributed by atoms with Crippen molar-refractivity contribution in [3.05, 3.63) is 251 Å². The molecule has 0 amide bonds. The number of nitrogens with zero attached hydrogens (tertiary/aromatic N) is 2. The fraction of sp³-hybridized carbons (Fsp3) is 0.0769. The zero-order chi connectivity index (χ0) is 44.7. The van der Waals surface area contributed by atoms with Gasteiger partial charge < -0.3 is 9.13 Å². The number of para-hydroxylation sites is 2. The van der Waals surface area contributed by atoms with Crippen LogP contribution in [0, 0.1) is 27.7 Å². The molecule has 12 aromatic rings. The van der Waals surface area contributed by atoms with Gasteiger partial charge in [-0.2, -0.15) is 0 Å². The molecule has 14 rings (SSSR count). The Morgan fingerprint density at radius 3 is 1.13 bits per heavy atom. The number of aromatic nitrogens is 2. The van der Waals surface area contributed by atoms with E-state index in [0.29, 0.717) is 0 Å². The Kier molecular flexibility index (Phi) is 7.91. The molecule has 0 bridgehead atoms. The Bertz CT molecular complexity index is 3830. The van der Waals surface area contributed by atoms with E-state index >= 15 is 0 Å². The molecule has 316 valence electrons. The van der Waals surface area contributed by atoms with Crippen molar-refractivity contribution in [2.24, 2.45) is 0 Å². The summed E-state index contributed by atoms with van der Waals surface area (Å²) in [7, 11) is 0. The highest BCUT2D eigenvalue weighted by molar-refractivity contribution is 5.99. The van der Waals surface area contributed by atoms with Crippen molar-refractivity contribution in [3.63, 3.8) is 0 Å². The number of benzene rings is 10. The van der Waals surface area contributed by atoms with Crippen LogP contribution in [0.2, 0.25) is 0 Å². The molecule has 0 saturated carbocycles. The summed E-state index contributed by atoms with van der Waals surface area (Å²) in [5.41, 5.74) is 25.2. The topological polar surface area (TPSA) is 9.86 Å². The normalized spacial score (nSPS) is 13.2. The number of fused-ring (bicyclic) bond motifs is 14. The van der Waals surface area contributed by atoms with Gasteiger partial charge in [0, 0.05) is 33.5 Å². The Balaban J connectivity index is 0.894. The molecule has 10 aromatic carbocycles. The van der Waals surface area contributed by atoms with Crippen molar-refractivity contribution in [2.75, 3.05) is 0 Å². The lowest BCUT2D eigenvalue weighted by molar-refractivity contribution is 0.794. The summed E-state index contributed by atoms with van der Waals surface area (Å²) >= 11 is 0. The molecule has 0 atom stereocenters.